The molecule has 11 heteroatoms. The van der Waals surface area contributed by atoms with Crippen LogP contribution in [-0.4, -0.2) is 81.6 Å². The van der Waals surface area contributed by atoms with Crippen LogP contribution in [-0.2, 0) is 14.2 Å². The van der Waals surface area contributed by atoms with Crippen LogP contribution < -0.4 is 4.90 Å². The molecular formula is C29H42ClN5O5. The minimum Gasteiger partial charge on any atom is -0.511 e. The van der Waals surface area contributed by atoms with E-state index in [-0.39, 0.29) is 34.9 Å². The Balaban J connectivity index is 1.41. The molecule has 3 heterocycles. The number of halogens is 1. The summed E-state index contributed by atoms with van der Waals surface area (Å²) in [5, 5.41) is 20.9. The van der Waals surface area contributed by atoms with Crippen molar-refractivity contribution >= 4 is 29.2 Å². The molecule has 2 spiro atoms. The Morgan fingerprint density at radius 3 is 2.38 bits per heavy atom. The number of aliphatic hydroxyl groups is 1. The number of amides is 1. The molecule has 2 saturated heterocycles. The molecule has 2 aliphatic carbocycles. The number of piperazine rings is 1. The van der Waals surface area contributed by atoms with Crippen LogP contribution >= 0.6 is 11.6 Å². The molecule has 10 nitrogen and oxygen atoms in total. The molecular weight excluding hydrogens is 534 g/mol. The summed E-state index contributed by atoms with van der Waals surface area (Å²) in [4.78, 5) is 25.6. The fraction of sp³-hybridized carbons (Fsp3) is 0.724. The minimum absolute atomic E-state index is 0.0364. The Labute approximate surface area is 241 Å². The highest BCUT2D eigenvalue weighted by Gasteiger charge is 2.60. The largest absolute Gasteiger partial charge is 0.511 e. The molecule has 3 fully saturated rings. The molecule has 1 aromatic heterocycles. The van der Waals surface area contributed by atoms with Crippen molar-refractivity contribution in [1.29, 1.82) is 5.41 Å². The Morgan fingerprint density at radius 1 is 1.10 bits per heavy atom. The molecule has 0 bridgehead atoms. The third-order valence-electron chi connectivity index (χ3n) is 8.70. The zero-order valence-corrected chi connectivity index (χ0v) is 25.0. The number of carbonyl (C=O) groups excluding carboxylic acids is 1. The molecule has 3 atom stereocenters. The van der Waals surface area contributed by atoms with Gasteiger partial charge in [-0.1, -0.05) is 6.42 Å². The number of nitrogens with one attached hydrogen (secondary N) is 1. The number of hydrogen-bond acceptors (Lipinski definition) is 9. The zero-order valence-electron chi connectivity index (χ0n) is 24.3. The molecule has 2 aliphatic heterocycles. The fourth-order valence-electron chi connectivity index (χ4n) is 7.07. The van der Waals surface area contributed by atoms with Gasteiger partial charge in [0.05, 0.1) is 42.1 Å². The summed E-state index contributed by atoms with van der Waals surface area (Å²) in [5.74, 6) is -0.0325. The maximum atomic E-state index is 12.9. The van der Waals surface area contributed by atoms with Gasteiger partial charge in [0.1, 0.15) is 17.2 Å². The second kappa shape index (κ2) is 10.8. The molecule has 5 rings (SSSR count). The van der Waals surface area contributed by atoms with Crippen molar-refractivity contribution in [3.05, 3.63) is 28.4 Å². The topological polar surface area (TPSA) is 121 Å². The second-order valence-electron chi connectivity index (χ2n) is 12.7. The van der Waals surface area contributed by atoms with E-state index < -0.39 is 16.8 Å². The van der Waals surface area contributed by atoms with E-state index in [1.54, 1.807) is 11.0 Å². The van der Waals surface area contributed by atoms with Crippen LogP contribution in [0, 0.1) is 10.8 Å². The summed E-state index contributed by atoms with van der Waals surface area (Å²) in [6.07, 6.45) is 5.31. The van der Waals surface area contributed by atoms with Crippen molar-refractivity contribution in [3.8, 4) is 0 Å². The van der Waals surface area contributed by atoms with E-state index in [2.05, 4.69) is 14.9 Å². The van der Waals surface area contributed by atoms with Gasteiger partial charge in [-0.05, 0) is 78.3 Å². The van der Waals surface area contributed by atoms with Gasteiger partial charge in [0.2, 0.25) is 5.28 Å². The Hall–Kier alpha value is -2.43. The van der Waals surface area contributed by atoms with Crippen molar-refractivity contribution in [2.75, 3.05) is 31.2 Å². The number of aromatic nitrogens is 2. The number of nitrogens with zero attached hydrogens (tertiary/aromatic N) is 4. The first-order valence-corrected chi connectivity index (χ1v) is 14.8. The number of anilines is 1. The number of allylic oxidation sites excluding steroid dienone is 1. The predicted molar refractivity (Wildman–Crippen MR) is 152 cm³/mol. The highest BCUT2D eigenvalue weighted by molar-refractivity contribution is 6.28. The van der Waals surface area contributed by atoms with Crippen molar-refractivity contribution < 1.29 is 24.1 Å². The molecule has 0 aromatic carbocycles. The summed E-state index contributed by atoms with van der Waals surface area (Å²) in [7, 11) is 0. The number of ether oxygens (including phenoxy) is 3. The average molecular weight is 576 g/mol. The highest BCUT2D eigenvalue weighted by atomic mass is 35.5. The van der Waals surface area contributed by atoms with Crippen LogP contribution in [0.4, 0.5) is 10.6 Å². The van der Waals surface area contributed by atoms with Gasteiger partial charge in [0.15, 0.2) is 5.79 Å². The lowest BCUT2D eigenvalue weighted by Gasteiger charge is -2.51. The second-order valence-corrected chi connectivity index (χ2v) is 13.0. The van der Waals surface area contributed by atoms with Crippen LogP contribution in [0.2, 0.25) is 5.28 Å². The van der Waals surface area contributed by atoms with Crippen molar-refractivity contribution in [1.82, 2.24) is 14.9 Å². The minimum atomic E-state index is -0.824. The third-order valence-corrected chi connectivity index (χ3v) is 8.87. The van der Waals surface area contributed by atoms with Gasteiger partial charge >= 0.3 is 6.09 Å². The molecule has 40 heavy (non-hydrogen) atoms. The number of fused-ring (bicyclic) bond motifs is 1. The number of hydrogen-bond donors (Lipinski definition) is 2. The van der Waals surface area contributed by atoms with Crippen LogP contribution in [0.15, 0.2) is 17.4 Å². The first-order chi connectivity index (χ1) is 18.9. The van der Waals surface area contributed by atoms with Crippen LogP contribution in [0.5, 0.6) is 0 Å². The van der Waals surface area contributed by atoms with Gasteiger partial charge in [-0.25, -0.2) is 14.8 Å². The van der Waals surface area contributed by atoms with Gasteiger partial charge in [-0.15, -0.1) is 0 Å². The maximum absolute atomic E-state index is 12.9. The van der Waals surface area contributed by atoms with E-state index >= 15 is 0 Å². The molecule has 4 aliphatic rings. The van der Waals surface area contributed by atoms with E-state index in [1.165, 1.54) is 0 Å². The number of carbonyl (C=O) groups is 1. The molecule has 1 saturated carbocycles. The number of rotatable bonds is 3. The monoisotopic (exact) mass is 575 g/mol. The maximum Gasteiger partial charge on any atom is 0.410 e. The summed E-state index contributed by atoms with van der Waals surface area (Å²) >= 11 is 6.41. The van der Waals surface area contributed by atoms with E-state index in [9.17, 15) is 9.90 Å². The summed E-state index contributed by atoms with van der Waals surface area (Å²) in [6, 6.07) is 1.50. The highest BCUT2D eigenvalue weighted by Crippen LogP contribution is 2.58. The quantitative estimate of drug-likeness (QED) is 0.351. The van der Waals surface area contributed by atoms with Crippen LogP contribution in [0.25, 0.3) is 0 Å². The first-order valence-electron chi connectivity index (χ1n) is 14.5. The smallest absolute Gasteiger partial charge is 0.410 e. The van der Waals surface area contributed by atoms with Gasteiger partial charge in [0.25, 0.3) is 0 Å². The Bertz CT molecular complexity index is 1180. The summed E-state index contributed by atoms with van der Waals surface area (Å²) in [5.41, 5.74) is -0.141. The van der Waals surface area contributed by atoms with Crippen LogP contribution in [0.1, 0.15) is 85.3 Å². The lowest BCUT2D eigenvalue weighted by molar-refractivity contribution is -0.255. The zero-order chi connectivity index (χ0) is 28.9. The molecule has 220 valence electrons. The van der Waals surface area contributed by atoms with Gasteiger partial charge < -0.3 is 24.2 Å². The predicted octanol–water partition coefficient (Wildman–Crippen LogP) is 5.63. The normalized spacial score (nSPS) is 28.9. The SMILES string of the molecule is C[C@H]1CN(c2cc(C(=N)C3=C(O)[C@]4(CCCCC45OCCO5)CCC3)nc(Cl)n2)C[C@H](C)N1C(=O)OC(C)(C)C. The Kier molecular flexibility index (Phi) is 7.82. The van der Waals surface area contributed by atoms with Gasteiger partial charge in [-0.3, -0.25) is 10.3 Å². The van der Waals surface area contributed by atoms with Crippen molar-refractivity contribution in [3.63, 3.8) is 0 Å². The summed E-state index contributed by atoms with van der Waals surface area (Å²) in [6.45, 7) is 11.6. The molecule has 1 aromatic rings. The summed E-state index contributed by atoms with van der Waals surface area (Å²) < 4.78 is 18.0. The first kappa shape index (κ1) is 29.1. The molecule has 0 unspecified atom stereocenters. The van der Waals surface area contributed by atoms with E-state index in [1.807, 2.05) is 34.6 Å². The van der Waals surface area contributed by atoms with E-state index in [0.29, 0.717) is 49.8 Å². The average Bonchev–Trinajstić information content (AvgIpc) is 3.34. The third kappa shape index (κ3) is 5.18. The fourth-order valence-corrected chi connectivity index (χ4v) is 7.25. The van der Waals surface area contributed by atoms with Gasteiger partial charge in [-0.2, -0.15) is 0 Å². The van der Waals surface area contributed by atoms with E-state index in [0.717, 1.165) is 38.5 Å². The van der Waals surface area contributed by atoms with Crippen LogP contribution in [0.3, 0.4) is 0 Å². The molecule has 1 amide bonds. The van der Waals surface area contributed by atoms with E-state index in [4.69, 9.17) is 31.2 Å². The van der Waals surface area contributed by atoms with Gasteiger partial charge in [0, 0.05) is 31.1 Å². The standard InChI is InChI=1S/C29H42ClN5O5/c1-18-16-34(17-19(2)35(18)26(37)40-27(3,4)5)22-15-21(32-25(30)33-22)23(31)20-9-8-11-28(24(20)36)10-6-7-12-29(28)38-13-14-39-29/h15,18-19,31,36H,6-14,16-17H2,1-5H3/t18-,19-,28-/m0/s1. The molecule has 0 radical (unpaired) electrons. The van der Waals surface area contributed by atoms with Crippen molar-refractivity contribution in [2.24, 2.45) is 5.41 Å². The van der Waals surface area contributed by atoms with Crippen molar-refractivity contribution in [2.45, 2.75) is 103 Å². The number of aliphatic hydroxyl groups excluding tert-OH is 1. The lowest BCUT2D eigenvalue weighted by Crippen LogP contribution is -2.59. The molecule has 2 N–H and O–H groups in total. The lowest BCUT2D eigenvalue weighted by atomic mass is 9.61. The Morgan fingerprint density at radius 2 is 1.73 bits per heavy atom.